The monoisotopic (exact) mass is 541 g/mol. The number of sulfone groups is 1. The molecular formula is C22H35N7O7S. The van der Waals surface area contributed by atoms with E-state index in [-0.39, 0.29) is 30.3 Å². The van der Waals surface area contributed by atoms with Crippen LogP contribution in [0.4, 0.5) is 4.79 Å². The molecule has 37 heavy (non-hydrogen) atoms. The second-order valence-corrected chi connectivity index (χ2v) is 9.68. The summed E-state index contributed by atoms with van der Waals surface area (Å²) < 4.78 is 46.8. The number of rotatable bonds is 22. The SMILES string of the molecule is [N-]=[N+]=NCCCCCC(CS(=O)(=O)c1ccccc1)OC(=O)NCCOCCOCCOCCN=[N+]=[N-]. The molecule has 0 radical (unpaired) electrons. The Bertz CT molecular complexity index is 953. The quantitative estimate of drug-likeness (QED) is 0.0996. The van der Waals surface area contributed by atoms with E-state index in [0.717, 1.165) is 0 Å². The van der Waals surface area contributed by atoms with Gasteiger partial charge in [0.05, 0.1) is 50.3 Å². The van der Waals surface area contributed by atoms with E-state index in [1.807, 2.05) is 0 Å². The lowest BCUT2D eigenvalue weighted by Crippen LogP contribution is -2.34. The smallest absolute Gasteiger partial charge is 0.407 e. The van der Waals surface area contributed by atoms with E-state index in [1.165, 1.54) is 12.1 Å². The van der Waals surface area contributed by atoms with E-state index >= 15 is 0 Å². The molecule has 1 atom stereocenters. The Labute approximate surface area is 216 Å². The zero-order valence-electron chi connectivity index (χ0n) is 20.8. The van der Waals surface area contributed by atoms with Crippen LogP contribution in [-0.4, -0.2) is 85.6 Å². The molecule has 0 saturated heterocycles. The number of nitrogens with zero attached hydrogens (tertiary/aromatic N) is 6. The fourth-order valence-electron chi connectivity index (χ4n) is 3.03. The van der Waals surface area contributed by atoms with Crippen molar-refractivity contribution >= 4 is 15.9 Å². The summed E-state index contributed by atoms with van der Waals surface area (Å²) in [7, 11) is -3.64. The summed E-state index contributed by atoms with van der Waals surface area (Å²) in [4.78, 5) is 17.7. The van der Waals surface area contributed by atoms with Crippen LogP contribution >= 0.6 is 0 Å². The molecule has 0 aliphatic carbocycles. The van der Waals surface area contributed by atoms with Crippen molar-refractivity contribution in [3.8, 4) is 0 Å². The summed E-state index contributed by atoms with van der Waals surface area (Å²) in [5.41, 5.74) is 16.5. The number of alkyl carbamates (subject to hydrolysis) is 1. The summed E-state index contributed by atoms with van der Waals surface area (Å²) in [5.74, 6) is -0.329. The van der Waals surface area contributed by atoms with Gasteiger partial charge in [0, 0.05) is 29.5 Å². The van der Waals surface area contributed by atoms with E-state index < -0.39 is 22.0 Å². The topological polar surface area (TPSA) is 198 Å². The minimum atomic E-state index is -3.64. The molecular weight excluding hydrogens is 506 g/mol. The van der Waals surface area contributed by atoms with E-state index in [2.05, 4.69) is 25.4 Å². The van der Waals surface area contributed by atoms with Gasteiger partial charge in [0.15, 0.2) is 9.84 Å². The molecule has 1 aromatic carbocycles. The van der Waals surface area contributed by atoms with E-state index in [0.29, 0.717) is 65.3 Å². The molecule has 0 aromatic heterocycles. The molecule has 0 saturated carbocycles. The maximum atomic E-state index is 12.8. The number of azide groups is 2. The number of ether oxygens (including phenoxy) is 4. The molecule has 1 rings (SSSR count). The lowest BCUT2D eigenvalue weighted by Gasteiger charge is -2.18. The normalized spacial score (nSPS) is 11.7. The zero-order chi connectivity index (χ0) is 27.0. The Morgan fingerprint density at radius 1 is 0.865 bits per heavy atom. The first-order valence-electron chi connectivity index (χ1n) is 12.0. The highest BCUT2D eigenvalue weighted by Gasteiger charge is 2.24. The van der Waals surface area contributed by atoms with Crippen molar-refractivity contribution in [2.24, 2.45) is 10.2 Å². The van der Waals surface area contributed by atoms with Gasteiger partial charge in [0.2, 0.25) is 0 Å². The minimum absolute atomic E-state index is 0.169. The van der Waals surface area contributed by atoms with Gasteiger partial charge in [-0.2, -0.15) is 0 Å². The highest BCUT2D eigenvalue weighted by atomic mass is 32.2. The predicted octanol–water partition coefficient (Wildman–Crippen LogP) is 3.79. The Hall–Kier alpha value is -3.06. The van der Waals surface area contributed by atoms with Crippen LogP contribution in [0.3, 0.4) is 0 Å². The van der Waals surface area contributed by atoms with Gasteiger partial charge in [-0.1, -0.05) is 34.8 Å². The molecule has 0 bridgehead atoms. The molecule has 14 nitrogen and oxygen atoms in total. The molecule has 1 unspecified atom stereocenters. The highest BCUT2D eigenvalue weighted by Crippen LogP contribution is 2.16. The van der Waals surface area contributed by atoms with Crippen LogP contribution in [0.2, 0.25) is 0 Å². The Balaban J connectivity index is 2.31. The molecule has 1 aromatic rings. The largest absolute Gasteiger partial charge is 0.445 e. The van der Waals surface area contributed by atoms with Crippen molar-refractivity contribution in [2.75, 3.05) is 65.0 Å². The van der Waals surface area contributed by atoms with Crippen LogP contribution in [0.25, 0.3) is 20.9 Å². The number of benzene rings is 1. The fraction of sp³-hybridized carbons (Fsp3) is 0.682. The summed E-state index contributed by atoms with van der Waals surface area (Å²) in [5, 5.41) is 9.38. The molecule has 206 valence electrons. The lowest BCUT2D eigenvalue weighted by molar-refractivity contribution is 0.0162. The van der Waals surface area contributed by atoms with Crippen molar-refractivity contribution in [3.05, 3.63) is 51.2 Å². The molecule has 1 N–H and O–H groups in total. The lowest BCUT2D eigenvalue weighted by atomic mass is 10.1. The van der Waals surface area contributed by atoms with Crippen LogP contribution < -0.4 is 5.32 Å². The van der Waals surface area contributed by atoms with Crippen LogP contribution in [0.15, 0.2) is 45.5 Å². The van der Waals surface area contributed by atoms with Crippen molar-refractivity contribution in [3.63, 3.8) is 0 Å². The molecule has 0 aliphatic rings. The van der Waals surface area contributed by atoms with Crippen molar-refractivity contribution in [1.82, 2.24) is 5.32 Å². The number of carbonyl (C=O) groups excluding carboxylic acids is 1. The predicted molar refractivity (Wildman–Crippen MR) is 136 cm³/mol. The number of carbonyl (C=O) groups is 1. The molecule has 15 heteroatoms. The zero-order valence-corrected chi connectivity index (χ0v) is 21.6. The van der Waals surface area contributed by atoms with Gasteiger partial charge in [-0.05, 0) is 42.5 Å². The maximum Gasteiger partial charge on any atom is 0.407 e. The number of hydrogen-bond donors (Lipinski definition) is 1. The minimum Gasteiger partial charge on any atom is -0.445 e. The van der Waals surface area contributed by atoms with Gasteiger partial charge in [0.25, 0.3) is 0 Å². The summed E-state index contributed by atoms with van der Waals surface area (Å²) >= 11 is 0. The van der Waals surface area contributed by atoms with Crippen molar-refractivity contribution in [1.29, 1.82) is 0 Å². The molecule has 0 spiro atoms. The van der Waals surface area contributed by atoms with E-state index in [1.54, 1.807) is 18.2 Å². The second-order valence-electron chi connectivity index (χ2n) is 7.64. The summed E-state index contributed by atoms with van der Waals surface area (Å²) in [6.45, 7) is 2.82. The number of amides is 1. The Kier molecular flexibility index (Phi) is 18.2. The third-order valence-electron chi connectivity index (χ3n) is 4.79. The number of unbranched alkanes of at least 4 members (excludes halogenated alkanes) is 2. The first kappa shape index (κ1) is 32.0. The number of hydrogen-bond acceptors (Lipinski definition) is 9. The molecule has 0 heterocycles. The van der Waals surface area contributed by atoms with Gasteiger partial charge in [-0.25, -0.2) is 13.2 Å². The van der Waals surface area contributed by atoms with Crippen LogP contribution in [0.5, 0.6) is 0 Å². The Morgan fingerprint density at radius 2 is 1.49 bits per heavy atom. The van der Waals surface area contributed by atoms with Crippen molar-refractivity contribution < 1.29 is 32.2 Å². The van der Waals surface area contributed by atoms with Gasteiger partial charge >= 0.3 is 6.09 Å². The average molecular weight is 542 g/mol. The standard InChI is InChI=1S/C22H35N7O7S/c23-28-26-10-6-2-3-7-20(19-37(31,32)21-8-4-1-5-9-21)36-22(30)25-11-13-33-15-17-35-18-16-34-14-12-27-29-24/h1,4-5,8-9,20H,2-3,6-7,10-19H2,(H,25,30). The molecule has 0 fully saturated rings. The average Bonchev–Trinajstić information content (AvgIpc) is 2.89. The van der Waals surface area contributed by atoms with Gasteiger partial charge in [-0.15, -0.1) is 0 Å². The summed E-state index contributed by atoms with van der Waals surface area (Å²) in [6, 6.07) is 8.01. The van der Waals surface area contributed by atoms with E-state index in [4.69, 9.17) is 30.0 Å². The third kappa shape index (κ3) is 17.1. The van der Waals surface area contributed by atoms with Crippen LogP contribution in [0, 0.1) is 0 Å². The molecule has 0 aliphatic heterocycles. The van der Waals surface area contributed by atoms with Crippen LogP contribution in [-0.2, 0) is 28.8 Å². The highest BCUT2D eigenvalue weighted by molar-refractivity contribution is 7.91. The maximum absolute atomic E-state index is 12.8. The first-order chi connectivity index (χ1) is 18.0. The fourth-order valence-corrected chi connectivity index (χ4v) is 4.52. The summed E-state index contributed by atoms with van der Waals surface area (Å²) in [6.07, 6.45) is 0.807. The molecule has 1 amide bonds. The van der Waals surface area contributed by atoms with Gasteiger partial charge < -0.3 is 24.3 Å². The second kappa shape index (κ2) is 21.1. The van der Waals surface area contributed by atoms with Gasteiger partial charge in [0.1, 0.15) is 6.10 Å². The third-order valence-corrected chi connectivity index (χ3v) is 6.59. The number of nitrogens with one attached hydrogen (secondary N) is 1. The first-order valence-corrected chi connectivity index (χ1v) is 13.6. The Morgan fingerprint density at radius 3 is 2.16 bits per heavy atom. The van der Waals surface area contributed by atoms with Crippen molar-refractivity contribution in [2.45, 2.75) is 36.7 Å². The van der Waals surface area contributed by atoms with Crippen LogP contribution in [0.1, 0.15) is 25.7 Å². The van der Waals surface area contributed by atoms with E-state index in [9.17, 15) is 13.2 Å². The van der Waals surface area contributed by atoms with Gasteiger partial charge in [-0.3, -0.25) is 0 Å².